The van der Waals surface area contributed by atoms with Crippen molar-refractivity contribution in [2.75, 3.05) is 0 Å². The van der Waals surface area contributed by atoms with Crippen molar-refractivity contribution < 1.29 is 37.7 Å². The molecular weight excluding hydrogens is 135 g/mol. The Hall–Kier alpha value is 1.74. The average molecular weight is 147 g/mol. The van der Waals surface area contributed by atoms with E-state index in [1.54, 1.807) is 0 Å². The van der Waals surface area contributed by atoms with Crippen LogP contribution in [0, 0.1) is 14.9 Å². The molecule has 0 aromatic rings. The van der Waals surface area contributed by atoms with Crippen molar-refractivity contribution in [3.8, 4) is 0 Å². The van der Waals surface area contributed by atoms with Crippen LogP contribution in [0.1, 0.15) is 0 Å². The zero-order chi connectivity index (χ0) is 2.71. The van der Waals surface area contributed by atoms with Gasteiger partial charge in [-0.15, -0.1) is 0 Å². The normalized spacial score (nSPS) is 2.57. The predicted octanol–water partition coefficient (Wildman–Crippen LogP) is -4.30. The Balaban J connectivity index is -0.00000000333. The maximum absolute atomic E-state index is 2.25. The summed E-state index contributed by atoms with van der Waals surface area (Å²) in [5.74, 6) is 4.50. The van der Waals surface area contributed by atoms with Crippen molar-refractivity contribution in [1.82, 2.24) is 0 Å². The van der Waals surface area contributed by atoms with Crippen LogP contribution in [-0.4, -0.2) is 15.4 Å². The zero-order valence-electron chi connectivity index (χ0n) is 6.50. The van der Waals surface area contributed by atoms with E-state index in [-0.39, 0.29) is 52.6 Å². The second kappa shape index (κ2) is 46.9. The van der Waals surface area contributed by atoms with Crippen LogP contribution in [0.15, 0.2) is 0 Å². The van der Waals surface area contributed by atoms with E-state index in [1.807, 2.05) is 0 Å². The molecule has 0 aromatic heterocycles. The van der Waals surface area contributed by atoms with Crippen LogP contribution >= 0.6 is 0 Å². The van der Waals surface area contributed by atoms with Crippen LogP contribution in [0.5, 0.6) is 0 Å². The summed E-state index contributed by atoms with van der Waals surface area (Å²) >= 11 is 0.500. The van der Waals surface area contributed by atoms with Crippen LogP contribution in [0.3, 0.4) is 0 Å². The fourth-order valence-corrected chi connectivity index (χ4v) is 0. The molecule has 0 fully saturated rings. The largest absolute Gasteiger partial charge is 1.00 e. The van der Waals surface area contributed by atoms with Gasteiger partial charge in [-0.25, -0.2) is 0 Å². The van der Waals surface area contributed by atoms with E-state index in [9.17, 15) is 0 Å². The Bertz CT molecular complexity index is 9.65. The first kappa shape index (κ1) is 37.4. The molecule has 0 aromatic carbocycles. The number of hydrogen-bond donors (Lipinski definition) is 0. The van der Waals surface area contributed by atoms with Gasteiger partial charge in [0, 0.05) is 0 Å². The molecule has 0 bridgehead atoms. The second-order valence-corrected chi connectivity index (χ2v) is 2.60. The minimum absolute atomic E-state index is 0. The summed E-state index contributed by atoms with van der Waals surface area (Å²) in [4.78, 5) is 0. The van der Waals surface area contributed by atoms with Crippen molar-refractivity contribution in [3.05, 3.63) is 14.9 Å². The van der Waals surface area contributed by atoms with E-state index in [4.69, 9.17) is 0 Å². The molecule has 2 radical (unpaired) electrons. The Morgan fingerprint density at radius 3 is 0.857 bits per heavy atom. The van der Waals surface area contributed by atoms with Crippen LogP contribution in [0.4, 0.5) is 0 Å². The Labute approximate surface area is 79.0 Å². The van der Waals surface area contributed by atoms with Gasteiger partial charge in [-0.3, -0.25) is 0 Å². The van der Waals surface area contributed by atoms with E-state index in [0.717, 1.165) is 0 Å². The molecule has 0 saturated heterocycles. The summed E-state index contributed by atoms with van der Waals surface area (Å²) in [6.45, 7) is 0. The molecule has 0 aliphatic carbocycles. The number of rotatable bonds is 0. The molecule has 3 heteroatoms. The fraction of sp³-hybridized carbons (Fsp3) is 0.500. The molecule has 0 unspecified atom stereocenters. The SMILES string of the molecule is [CH3-].[CH3-].[CH3][Ge][CH3].[Li+].[Li+]. The summed E-state index contributed by atoms with van der Waals surface area (Å²) in [7, 11) is 0. The number of hydrogen-bond acceptors (Lipinski definition) is 0. The molecule has 0 amide bonds. The molecule has 0 rings (SSSR count). The Morgan fingerprint density at radius 2 is 0.857 bits per heavy atom. The summed E-state index contributed by atoms with van der Waals surface area (Å²) in [6.07, 6.45) is 0. The smallest absolute Gasteiger partial charge is 1.00 e. The van der Waals surface area contributed by atoms with Gasteiger partial charge in [0.15, 0.2) is 0 Å². The van der Waals surface area contributed by atoms with Crippen LogP contribution in [0.2, 0.25) is 11.5 Å². The Morgan fingerprint density at radius 1 is 0.857 bits per heavy atom. The van der Waals surface area contributed by atoms with E-state index < -0.39 is 0 Å². The monoisotopic (exact) mass is 148 g/mol. The van der Waals surface area contributed by atoms with Gasteiger partial charge in [0.05, 0.1) is 0 Å². The first-order chi connectivity index (χ1) is 1.41. The maximum atomic E-state index is 2.25. The van der Waals surface area contributed by atoms with Gasteiger partial charge in [0.2, 0.25) is 0 Å². The van der Waals surface area contributed by atoms with Gasteiger partial charge in [0.25, 0.3) is 0 Å². The van der Waals surface area contributed by atoms with Gasteiger partial charge in [0.1, 0.15) is 0 Å². The van der Waals surface area contributed by atoms with Crippen molar-refractivity contribution in [3.63, 3.8) is 0 Å². The minimum atomic E-state index is 0. The first-order valence-corrected chi connectivity index (χ1v) is 5.20. The van der Waals surface area contributed by atoms with E-state index >= 15 is 0 Å². The van der Waals surface area contributed by atoms with Crippen molar-refractivity contribution in [1.29, 1.82) is 0 Å². The van der Waals surface area contributed by atoms with Crippen molar-refractivity contribution in [2.45, 2.75) is 11.5 Å². The molecule has 0 spiro atoms. The first-order valence-electron chi connectivity index (χ1n) is 1.00. The summed E-state index contributed by atoms with van der Waals surface area (Å²) in [5.41, 5.74) is 0. The van der Waals surface area contributed by atoms with E-state index in [0.29, 0.717) is 15.4 Å². The van der Waals surface area contributed by atoms with Gasteiger partial charge >= 0.3 is 64.7 Å². The molecule has 0 N–H and O–H groups in total. The quantitative estimate of drug-likeness (QED) is 0.240. The summed E-state index contributed by atoms with van der Waals surface area (Å²) in [5, 5.41) is 0. The molecule has 0 nitrogen and oxygen atoms in total. The van der Waals surface area contributed by atoms with Gasteiger partial charge in [-0.2, -0.15) is 0 Å². The zero-order valence-corrected chi connectivity index (χ0v) is 8.60. The maximum Gasteiger partial charge on any atom is 1.00 e. The second-order valence-electron chi connectivity index (χ2n) is 0.500. The molecule has 7 heavy (non-hydrogen) atoms. The van der Waals surface area contributed by atoms with Gasteiger partial charge < -0.3 is 14.9 Å². The molecule has 0 atom stereocenters. The molecule has 34 valence electrons. The van der Waals surface area contributed by atoms with Crippen molar-refractivity contribution in [2.24, 2.45) is 0 Å². The van der Waals surface area contributed by atoms with E-state index in [2.05, 4.69) is 11.5 Å². The van der Waals surface area contributed by atoms with E-state index in [1.165, 1.54) is 0 Å². The van der Waals surface area contributed by atoms with Crippen LogP contribution < -0.4 is 37.7 Å². The molecular formula is C4H12GeLi2. The van der Waals surface area contributed by atoms with Crippen LogP contribution in [0.25, 0.3) is 0 Å². The summed E-state index contributed by atoms with van der Waals surface area (Å²) in [6, 6.07) is 0. The molecule has 0 saturated carbocycles. The average Bonchev–Trinajstić information content (AvgIpc) is 0.918. The summed E-state index contributed by atoms with van der Waals surface area (Å²) < 4.78 is 0. The molecule has 0 aliphatic heterocycles. The third kappa shape index (κ3) is 84.4. The third-order valence-electron chi connectivity index (χ3n) is 0. The topological polar surface area (TPSA) is 0 Å². The standard InChI is InChI=1S/C2H6Ge.2CH3.2Li/c1-3-2;;;;/h1-2H3;2*1H3;;/q;2*-1;2*+1. The molecule has 0 heterocycles. The minimum Gasteiger partial charge on any atom is 1.00 e. The van der Waals surface area contributed by atoms with Crippen LogP contribution in [-0.2, 0) is 0 Å². The van der Waals surface area contributed by atoms with Crippen molar-refractivity contribution >= 4 is 15.4 Å². The molecule has 0 aliphatic rings. The van der Waals surface area contributed by atoms with Gasteiger partial charge in [-0.05, 0) is 0 Å². The fourth-order valence-electron chi connectivity index (χ4n) is 0. The predicted molar refractivity (Wildman–Crippen MR) is 30.3 cm³/mol. The van der Waals surface area contributed by atoms with Gasteiger partial charge in [-0.1, -0.05) is 0 Å². The third-order valence-corrected chi connectivity index (χ3v) is 0. The Kier molecular flexibility index (Phi) is 251.